The largest absolute Gasteiger partial charge is 0.291 e. The van der Waals surface area contributed by atoms with Crippen LogP contribution in [-0.4, -0.2) is 31.9 Å². The predicted octanol–water partition coefficient (Wildman–Crippen LogP) is 3.43. The van der Waals surface area contributed by atoms with E-state index in [9.17, 15) is 4.79 Å². The van der Waals surface area contributed by atoms with Crippen molar-refractivity contribution in [3.8, 4) is 16.8 Å². The summed E-state index contributed by atoms with van der Waals surface area (Å²) in [4.78, 5) is 21.3. The van der Waals surface area contributed by atoms with E-state index in [1.54, 1.807) is 17.7 Å². The lowest BCUT2D eigenvalue weighted by Gasteiger charge is -2.17. The van der Waals surface area contributed by atoms with Crippen molar-refractivity contribution in [1.29, 1.82) is 0 Å². The molecule has 0 spiro atoms. The van der Waals surface area contributed by atoms with Gasteiger partial charge in [-0.25, -0.2) is 14.6 Å². The Bertz CT molecular complexity index is 1080. The van der Waals surface area contributed by atoms with E-state index in [-0.39, 0.29) is 11.6 Å². The van der Waals surface area contributed by atoms with Crippen molar-refractivity contribution in [2.75, 3.05) is 5.12 Å². The average Bonchev–Trinajstić information content (AvgIpc) is 3.49. The highest BCUT2D eigenvalue weighted by Crippen LogP contribution is 2.29. The number of anilines is 1. The van der Waals surface area contributed by atoms with Gasteiger partial charge in [-0.1, -0.05) is 44.9 Å². The Hall–Kier alpha value is -3.75. The van der Waals surface area contributed by atoms with E-state index >= 15 is 0 Å². The first-order valence-corrected chi connectivity index (χ1v) is 10.6. The first-order valence-electron chi connectivity index (χ1n) is 10.6. The van der Waals surface area contributed by atoms with Gasteiger partial charge in [0.15, 0.2) is 5.82 Å². The summed E-state index contributed by atoms with van der Waals surface area (Å²) in [6.45, 7) is 4.00. The molecule has 31 heavy (non-hydrogen) atoms. The van der Waals surface area contributed by atoms with Crippen LogP contribution in [0.3, 0.4) is 0 Å². The molecular weight excluding hydrogens is 392 g/mol. The van der Waals surface area contributed by atoms with Crippen molar-refractivity contribution >= 4 is 17.9 Å². The highest BCUT2D eigenvalue weighted by molar-refractivity contribution is 5.92. The number of Topliss-reactive ketones (excluding diaryl/α,β-unsaturated/α-hetero) is 1. The minimum absolute atomic E-state index is 0.0506. The second-order valence-electron chi connectivity index (χ2n) is 7.24. The van der Waals surface area contributed by atoms with Crippen LogP contribution in [0.4, 0.5) is 5.82 Å². The lowest BCUT2D eigenvalue weighted by molar-refractivity contribution is 0.0978. The third-order valence-electron chi connectivity index (χ3n) is 5.08. The third kappa shape index (κ3) is 4.40. The van der Waals surface area contributed by atoms with Crippen molar-refractivity contribution in [1.82, 2.24) is 30.7 Å². The number of hydrazone groups is 1. The molecule has 0 aliphatic carbocycles. The molecule has 9 heteroatoms. The first-order chi connectivity index (χ1) is 15.2. The molecule has 4 rings (SSSR count). The lowest BCUT2D eigenvalue weighted by Crippen LogP contribution is -2.39. The van der Waals surface area contributed by atoms with Crippen molar-refractivity contribution < 1.29 is 4.79 Å². The fourth-order valence-electron chi connectivity index (χ4n) is 3.44. The molecule has 0 atom stereocenters. The van der Waals surface area contributed by atoms with Gasteiger partial charge in [-0.05, 0) is 30.2 Å². The molecule has 0 amide bonds. The lowest BCUT2D eigenvalue weighted by atomic mass is 10.0. The molecule has 1 aliphatic rings. The Morgan fingerprint density at radius 1 is 1.13 bits per heavy atom. The molecule has 0 saturated heterocycles. The smallest absolute Gasteiger partial charge is 0.217 e. The number of unbranched alkanes of at least 4 members (excludes halogenated alkanes) is 2. The van der Waals surface area contributed by atoms with Gasteiger partial charge in [0.2, 0.25) is 11.6 Å². The number of carbonyl (C=O) groups is 1. The Morgan fingerprint density at radius 2 is 2.00 bits per heavy atom. The van der Waals surface area contributed by atoms with Gasteiger partial charge in [0.05, 0.1) is 5.69 Å². The molecule has 0 saturated carbocycles. The van der Waals surface area contributed by atoms with Crippen LogP contribution in [-0.2, 0) is 6.42 Å². The number of nitrogens with zero attached hydrogens (tertiary/aromatic N) is 6. The Labute approximate surface area is 181 Å². The van der Waals surface area contributed by atoms with Gasteiger partial charge in [-0.2, -0.15) is 10.7 Å². The molecule has 0 fully saturated rings. The summed E-state index contributed by atoms with van der Waals surface area (Å²) in [6, 6.07) is 11.9. The van der Waals surface area contributed by atoms with E-state index in [2.05, 4.69) is 38.1 Å². The molecular formula is C22H26N8O. The standard InChI is InChI=1S/C22H26N8O/c1-3-5-6-11-20-26-22(19(31)4-2)27-29(20)18-10-8-7-9-17(18)16-12-13-23-21(14-16)30-25-15-24-28-30/h7-10,12-15,28H,3-6,11H2,1-2H3,(H,24,25). The van der Waals surface area contributed by atoms with Crippen LogP contribution in [0.2, 0.25) is 0 Å². The zero-order valence-corrected chi connectivity index (χ0v) is 17.7. The second-order valence-corrected chi connectivity index (χ2v) is 7.24. The van der Waals surface area contributed by atoms with E-state index in [1.165, 1.54) is 0 Å². The molecule has 9 nitrogen and oxygen atoms in total. The van der Waals surface area contributed by atoms with Crippen LogP contribution in [0.25, 0.3) is 16.8 Å². The van der Waals surface area contributed by atoms with Crippen LogP contribution >= 0.6 is 0 Å². The van der Waals surface area contributed by atoms with Crippen LogP contribution in [0, 0.1) is 0 Å². The molecule has 0 bridgehead atoms. The van der Waals surface area contributed by atoms with Crippen molar-refractivity contribution in [2.24, 2.45) is 5.10 Å². The third-order valence-corrected chi connectivity index (χ3v) is 5.08. The number of ketones is 1. The summed E-state index contributed by atoms with van der Waals surface area (Å²) in [6.07, 6.45) is 7.68. The SMILES string of the molecule is CCCCCc1nc(C(=O)CC)nn1-c1ccccc1-c1ccnc(N2NC=NN2)c1. The maximum absolute atomic E-state index is 12.3. The Kier molecular flexibility index (Phi) is 6.21. The van der Waals surface area contributed by atoms with E-state index < -0.39 is 0 Å². The molecule has 1 aliphatic heterocycles. The summed E-state index contributed by atoms with van der Waals surface area (Å²) in [5.74, 6) is 1.71. The summed E-state index contributed by atoms with van der Waals surface area (Å²) in [5.41, 5.74) is 8.61. The number of aromatic nitrogens is 4. The number of para-hydroxylation sites is 1. The van der Waals surface area contributed by atoms with Crippen molar-refractivity contribution in [3.05, 3.63) is 54.2 Å². The van der Waals surface area contributed by atoms with E-state index in [1.807, 2.05) is 48.0 Å². The quantitative estimate of drug-likeness (QED) is 0.406. The number of nitrogens with one attached hydrogen (secondary N) is 2. The highest BCUT2D eigenvalue weighted by Gasteiger charge is 2.19. The van der Waals surface area contributed by atoms with Crippen molar-refractivity contribution in [2.45, 2.75) is 46.0 Å². The van der Waals surface area contributed by atoms with Gasteiger partial charge in [0.25, 0.3) is 0 Å². The number of aryl methyl sites for hydroxylation is 1. The van der Waals surface area contributed by atoms with Gasteiger partial charge in [-0.3, -0.25) is 10.2 Å². The fraction of sp³-hybridized carbons (Fsp3) is 0.318. The number of benzene rings is 1. The molecule has 2 aromatic heterocycles. The normalized spacial score (nSPS) is 12.6. The minimum atomic E-state index is -0.0506. The summed E-state index contributed by atoms with van der Waals surface area (Å²) in [7, 11) is 0. The summed E-state index contributed by atoms with van der Waals surface area (Å²) < 4.78 is 1.82. The van der Waals surface area contributed by atoms with Crippen molar-refractivity contribution in [3.63, 3.8) is 0 Å². The number of hydrogen-bond donors (Lipinski definition) is 2. The van der Waals surface area contributed by atoms with Crippen LogP contribution < -0.4 is 16.1 Å². The highest BCUT2D eigenvalue weighted by atomic mass is 16.1. The molecule has 3 aromatic rings. The Morgan fingerprint density at radius 3 is 2.77 bits per heavy atom. The molecule has 0 radical (unpaired) electrons. The van der Waals surface area contributed by atoms with Crippen LogP contribution in [0.1, 0.15) is 56.0 Å². The van der Waals surface area contributed by atoms with E-state index in [4.69, 9.17) is 0 Å². The van der Waals surface area contributed by atoms with Crippen LogP contribution in [0.15, 0.2) is 47.7 Å². The van der Waals surface area contributed by atoms with Crippen LogP contribution in [0.5, 0.6) is 0 Å². The molecule has 3 heterocycles. The number of rotatable bonds is 9. The molecule has 160 valence electrons. The number of hydrogen-bond acceptors (Lipinski definition) is 8. The summed E-state index contributed by atoms with van der Waals surface area (Å²) in [5, 5.41) is 10.2. The van der Waals surface area contributed by atoms with Gasteiger partial charge in [-0.15, -0.1) is 10.2 Å². The zero-order valence-electron chi connectivity index (χ0n) is 17.7. The number of hydrazine groups is 2. The number of pyridine rings is 1. The van der Waals surface area contributed by atoms with E-state index in [0.29, 0.717) is 12.2 Å². The zero-order chi connectivity index (χ0) is 21.6. The predicted molar refractivity (Wildman–Crippen MR) is 120 cm³/mol. The minimum Gasteiger partial charge on any atom is -0.291 e. The second kappa shape index (κ2) is 9.38. The molecule has 1 aromatic carbocycles. The fourth-order valence-corrected chi connectivity index (χ4v) is 3.44. The average molecular weight is 419 g/mol. The topological polar surface area (TPSA) is 100 Å². The van der Waals surface area contributed by atoms with Gasteiger partial charge in [0.1, 0.15) is 12.2 Å². The van der Waals surface area contributed by atoms with Gasteiger partial charge in [0, 0.05) is 24.6 Å². The maximum atomic E-state index is 12.3. The first kappa shape index (κ1) is 20.5. The monoisotopic (exact) mass is 418 g/mol. The molecule has 2 N–H and O–H groups in total. The molecule has 0 unspecified atom stereocenters. The summed E-state index contributed by atoms with van der Waals surface area (Å²) >= 11 is 0. The van der Waals surface area contributed by atoms with Gasteiger partial charge < -0.3 is 0 Å². The number of carbonyl (C=O) groups excluding carboxylic acids is 1. The maximum Gasteiger partial charge on any atom is 0.217 e. The Balaban J connectivity index is 1.75. The van der Waals surface area contributed by atoms with Gasteiger partial charge >= 0.3 is 0 Å². The van der Waals surface area contributed by atoms with E-state index in [0.717, 1.165) is 48.3 Å².